The predicted molar refractivity (Wildman–Crippen MR) is 118 cm³/mol. The van der Waals surface area contributed by atoms with Gasteiger partial charge in [-0.25, -0.2) is 4.98 Å². The van der Waals surface area contributed by atoms with Gasteiger partial charge in [0.15, 0.2) is 5.13 Å². The Morgan fingerprint density at radius 2 is 2.09 bits per heavy atom. The Hall–Kier alpha value is -3.73. The third-order valence-electron chi connectivity index (χ3n) is 5.15. The zero-order valence-corrected chi connectivity index (χ0v) is 17.8. The number of carbonyl (C=O) groups is 2. The first kappa shape index (κ1) is 21.5. The van der Waals surface area contributed by atoms with Crippen LogP contribution in [0.2, 0.25) is 0 Å². The molecule has 2 N–H and O–H groups in total. The minimum atomic E-state index is -0.465. The molecule has 1 aliphatic heterocycles. The summed E-state index contributed by atoms with van der Waals surface area (Å²) in [5.41, 5.74) is 0.935. The maximum absolute atomic E-state index is 12.9. The number of hydrogen-bond acceptors (Lipinski definition) is 8. The molecule has 1 saturated heterocycles. The number of thiazole rings is 1. The molecule has 0 bridgehead atoms. The normalized spacial score (nSPS) is 15.9. The average molecular weight is 455 g/mol. The number of nitrogens with zero attached hydrogens (tertiary/aromatic N) is 3. The Balaban J connectivity index is 1.34. The topological polar surface area (TPSA) is 131 Å². The smallest absolute Gasteiger partial charge is 0.273 e. The Morgan fingerprint density at radius 3 is 2.81 bits per heavy atom. The van der Waals surface area contributed by atoms with Gasteiger partial charge in [-0.3, -0.25) is 19.7 Å². The molecule has 1 aromatic carbocycles. The van der Waals surface area contributed by atoms with Gasteiger partial charge in [0.1, 0.15) is 11.5 Å². The van der Waals surface area contributed by atoms with Gasteiger partial charge < -0.3 is 20.0 Å². The third-order valence-corrected chi connectivity index (χ3v) is 5.91. The van der Waals surface area contributed by atoms with Crippen molar-refractivity contribution in [3.05, 3.63) is 69.6 Å². The molecule has 0 radical (unpaired) electrons. The summed E-state index contributed by atoms with van der Waals surface area (Å²) in [5.74, 6) is 0.0795. The fourth-order valence-corrected chi connectivity index (χ4v) is 4.19. The standard InChI is InChI=1S/C21H21N5O5S/c27-19(22-11-17-4-2-10-31-17)14-3-1-9-25(12-14)20(28)18-13-32-21(24-18)23-15-5-7-16(8-6-15)26(29)30/h2,4-8,10,13-14H,1,3,9,11-12H2,(H,22,27)(H,23,24)/t14-/m0/s1. The van der Waals surface area contributed by atoms with Crippen molar-refractivity contribution in [2.75, 3.05) is 18.4 Å². The minimum Gasteiger partial charge on any atom is -0.467 e. The summed E-state index contributed by atoms with van der Waals surface area (Å²) in [6, 6.07) is 9.51. The quantitative estimate of drug-likeness (QED) is 0.411. The van der Waals surface area contributed by atoms with E-state index in [4.69, 9.17) is 4.42 Å². The second kappa shape index (κ2) is 9.60. The van der Waals surface area contributed by atoms with E-state index in [-0.39, 0.29) is 23.4 Å². The Labute approximate surface area is 187 Å². The summed E-state index contributed by atoms with van der Waals surface area (Å²) >= 11 is 1.27. The summed E-state index contributed by atoms with van der Waals surface area (Å²) in [6.07, 6.45) is 3.02. The van der Waals surface area contributed by atoms with Crippen LogP contribution in [0, 0.1) is 16.0 Å². The highest BCUT2D eigenvalue weighted by atomic mass is 32.1. The van der Waals surface area contributed by atoms with Crippen LogP contribution in [0.3, 0.4) is 0 Å². The van der Waals surface area contributed by atoms with Crippen LogP contribution >= 0.6 is 11.3 Å². The first-order valence-corrected chi connectivity index (χ1v) is 10.9. The number of furan rings is 1. The summed E-state index contributed by atoms with van der Waals surface area (Å²) in [4.78, 5) is 41.7. The highest BCUT2D eigenvalue weighted by Gasteiger charge is 2.30. The lowest BCUT2D eigenvalue weighted by Gasteiger charge is -2.31. The number of nitro benzene ring substituents is 1. The number of non-ortho nitro benzene ring substituents is 1. The van der Waals surface area contributed by atoms with Crippen molar-refractivity contribution in [1.29, 1.82) is 0 Å². The first-order chi connectivity index (χ1) is 15.5. The van der Waals surface area contributed by atoms with Gasteiger partial charge in [0.05, 0.1) is 23.6 Å². The van der Waals surface area contributed by atoms with Gasteiger partial charge in [-0.1, -0.05) is 0 Å². The Morgan fingerprint density at radius 1 is 1.28 bits per heavy atom. The molecular formula is C21H21N5O5S. The highest BCUT2D eigenvalue weighted by Crippen LogP contribution is 2.25. The van der Waals surface area contributed by atoms with Crippen LogP contribution < -0.4 is 10.6 Å². The van der Waals surface area contributed by atoms with Gasteiger partial charge in [0.2, 0.25) is 5.91 Å². The number of hydrogen-bond donors (Lipinski definition) is 2. The van der Waals surface area contributed by atoms with E-state index in [9.17, 15) is 19.7 Å². The van der Waals surface area contributed by atoms with Gasteiger partial charge >= 0.3 is 0 Å². The summed E-state index contributed by atoms with van der Waals surface area (Å²) < 4.78 is 5.23. The number of rotatable bonds is 7. The van der Waals surface area contributed by atoms with Crippen molar-refractivity contribution in [2.45, 2.75) is 19.4 Å². The average Bonchev–Trinajstić information content (AvgIpc) is 3.50. The Bertz CT molecular complexity index is 1100. The van der Waals surface area contributed by atoms with Crippen molar-refractivity contribution in [3.63, 3.8) is 0 Å². The monoisotopic (exact) mass is 455 g/mol. The van der Waals surface area contributed by atoms with E-state index in [1.54, 1.807) is 40.8 Å². The lowest BCUT2D eigenvalue weighted by molar-refractivity contribution is -0.384. The van der Waals surface area contributed by atoms with E-state index in [0.29, 0.717) is 41.9 Å². The van der Waals surface area contributed by atoms with E-state index in [2.05, 4.69) is 15.6 Å². The molecule has 1 aliphatic rings. The summed E-state index contributed by atoms with van der Waals surface area (Å²) in [5, 5.41) is 18.8. The van der Waals surface area contributed by atoms with Gasteiger partial charge in [0.25, 0.3) is 11.6 Å². The molecule has 4 rings (SSSR count). The van der Waals surface area contributed by atoms with E-state index in [1.165, 1.54) is 23.5 Å². The third kappa shape index (κ3) is 5.11. The van der Waals surface area contributed by atoms with Crippen LogP contribution in [0.1, 0.15) is 29.1 Å². The molecule has 166 valence electrons. The summed E-state index contributed by atoms with van der Waals surface area (Å²) in [7, 11) is 0. The van der Waals surface area contributed by atoms with Crippen molar-refractivity contribution in [2.24, 2.45) is 5.92 Å². The van der Waals surface area contributed by atoms with Crippen molar-refractivity contribution in [1.82, 2.24) is 15.2 Å². The second-order valence-corrected chi connectivity index (χ2v) is 8.21. The maximum atomic E-state index is 12.9. The van der Waals surface area contributed by atoms with Crippen LogP contribution in [-0.4, -0.2) is 39.7 Å². The lowest BCUT2D eigenvalue weighted by Crippen LogP contribution is -2.45. The molecule has 2 aromatic heterocycles. The van der Waals surface area contributed by atoms with Gasteiger partial charge in [0, 0.05) is 36.3 Å². The highest BCUT2D eigenvalue weighted by molar-refractivity contribution is 7.14. The van der Waals surface area contributed by atoms with Crippen LogP contribution in [-0.2, 0) is 11.3 Å². The van der Waals surface area contributed by atoms with Gasteiger partial charge in [-0.15, -0.1) is 11.3 Å². The van der Waals surface area contributed by atoms with E-state index < -0.39 is 4.92 Å². The largest absolute Gasteiger partial charge is 0.467 e. The number of aromatic nitrogens is 1. The van der Waals surface area contributed by atoms with E-state index in [0.717, 1.165) is 12.8 Å². The van der Waals surface area contributed by atoms with Crippen molar-refractivity contribution >= 4 is 39.7 Å². The molecule has 32 heavy (non-hydrogen) atoms. The molecule has 10 nitrogen and oxygen atoms in total. The first-order valence-electron chi connectivity index (χ1n) is 10.1. The van der Waals surface area contributed by atoms with Crippen LogP contribution in [0.5, 0.6) is 0 Å². The number of anilines is 2. The second-order valence-electron chi connectivity index (χ2n) is 7.35. The molecular weight excluding hydrogens is 434 g/mol. The molecule has 0 aliphatic carbocycles. The van der Waals surface area contributed by atoms with Crippen molar-refractivity contribution in [3.8, 4) is 0 Å². The number of nitro groups is 1. The number of amides is 2. The molecule has 0 saturated carbocycles. The number of benzene rings is 1. The van der Waals surface area contributed by atoms with Gasteiger partial charge in [-0.05, 0) is 37.1 Å². The van der Waals surface area contributed by atoms with Crippen LogP contribution in [0.15, 0.2) is 52.5 Å². The Kier molecular flexibility index (Phi) is 6.45. The fourth-order valence-electron chi connectivity index (χ4n) is 3.49. The molecule has 0 spiro atoms. The minimum absolute atomic E-state index is 0.00148. The molecule has 3 aromatic rings. The molecule has 0 unspecified atom stereocenters. The van der Waals surface area contributed by atoms with E-state index >= 15 is 0 Å². The van der Waals surface area contributed by atoms with Crippen molar-refractivity contribution < 1.29 is 18.9 Å². The number of carbonyl (C=O) groups excluding carboxylic acids is 2. The number of piperidine rings is 1. The summed E-state index contributed by atoms with van der Waals surface area (Å²) in [6.45, 7) is 1.23. The fraction of sp³-hybridized carbons (Fsp3) is 0.286. The molecule has 11 heteroatoms. The van der Waals surface area contributed by atoms with Crippen LogP contribution in [0.25, 0.3) is 0 Å². The number of likely N-dealkylation sites (tertiary alicyclic amines) is 1. The SMILES string of the molecule is O=C(NCc1ccco1)[C@H]1CCCN(C(=O)c2csc(Nc3ccc([N+](=O)[O-])cc3)n2)C1. The number of nitrogens with one attached hydrogen (secondary N) is 2. The molecule has 1 atom stereocenters. The lowest BCUT2D eigenvalue weighted by atomic mass is 9.97. The molecule has 2 amide bonds. The zero-order valence-electron chi connectivity index (χ0n) is 17.0. The molecule has 1 fully saturated rings. The predicted octanol–water partition coefficient (Wildman–Crippen LogP) is 3.56. The van der Waals surface area contributed by atoms with Gasteiger partial charge in [-0.2, -0.15) is 0 Å². The van der Waals surface area contributed by atoms with Crippen LogP contribution in [0.4, 0.5) is 16.5 Å². The van der Waals surface area contributed by atoms with E-state index in [1.807, 2.05) is 0 Å². The maximum Gasteiger partial charge on any atom is 0.273 e. The molecule has 3 heterocycles. The zero-order chi connectivity index (χ0) is 22.5.